The maximum atomic E-state index is 11.3. The van der Waals surface area contributed by atoms with Crippen LogP contribution in [0.15, 0.2) is 0 Å². The second-order valence-electron chi connectivity index (χ2n) is 3.43. The molecule has 0 aromatic rings. The summed E-state index contributed by atoms with van der Waals surface area (Å²) in [6.45, 7) is 2.30. The van der Waals surface area contributed by atoms with Crippen LogP contribution < -0.4 is 16.5 Å². The van der Waals surface area contributed by atoms with E-state index in [1.54, 1.807) is 12.1 Å². The van der Waals surface area contributed by atoms with Crippen LogP contribution >= 0.6 is 0 Å². The summed E-state index contributed by atoms with van der Waals surface area (Å²) in [5, 5.41) is 4.22. The van der Waals surface area contributed by atoms with Crippen LogP contribution in [0.4, 0.5) is 0 Å². The van der Waals surface area contributed by atoms with E-state index in [2.05, 4.69) is 10.7 Å². The average molecular weight is 200 g/mol. The van der Waals surface area contributed by atoms with Crippen LogP contribution in [0.1, 0.15) is 13.3 Å². The minimum absolute atomic E-state index is 0.191. The Morgan fingerprint density at radius 1 is 1.86 bits per heavy atom. The first-order valence-electron chi connectivity index (χ1n) is 4.62. The lowest BCUT2D eigenvalue weighted by Crippen LogP contribution is -2.48. The molecule has 0 spiro atoms. The van der Waals surface area contributed by atoms with Gasteiger partial charge in [0.05, 0.1) is 6.04 Å². The second kappa shape index (κ2) is 4.39. The zero-order valence-corrected chi connectivity index (χ0v) is 8.41. The Labute approximate surface area is 82.8 Å². The van der Waals surface area contributed by atoms with E-state index in [1.807, 2.05) is 6.92 Å². The van der Waals surface area contributed by atoms with Crippen molar-refractivity contribution in [2.24, 2.45) is 5.73 Å². The molecule has 14 heavy (non-hydrogen) atoms. The smallest absolute Gasteiger partial charge is 0.258 e. The van der Waals surface area contributed by atoms with Crippen LogP contribution in [0.25, 0.3) is 0 Å². The van der Waals surface area contributed by atoms with E-state index in [0.717, 1.165) is 0 Å². The Bertz CT molecular complexity index is 243. The van der Waals surface area contributed by atoms with Crippen LogP contribution in [0, 0.1) is 0 Å². The molecule has 2 amide bonds. The molecule has 80 valence electrons. The number of nitrogens with zero attached hydrogens (tertiary/aromatic N) is 1. The van der Waals surface area contributed by atoms with Gasteiger partial charge in [0.25, 0.3) is 5.91 Å². The summed E-state index contributed by atoms with van der Waals surface area (Å²) < 4.78 is 0. The van der Waals surface area contributed by atoms with Crippen molar-refractivity contribution in [3.05, 3.63) is 0 Å². The zero-order chi connectivity index (χ0) is 10.7. The van der Waals surface area contributed by atoms with Crippen LogP contribution in [0.3, 0.4) is 0 Å². The molecule has 4 N–H and O–H groups in total. The molecular formula is C8H16N4O2. The molecule has 1 rings (SSSR count). The van der Waals surface area contributed by atoms with Crippen LogP contribution in [0.2, 0.25) is 0 Å². The Balaban J connectivity index is 2.45. The van der Waals surface area contributed by atoms with Gasteiger partial charge >= 0.3 is 0 Å². The highest BCUT2D eigenvalue weighted by molar-refractivity contribution is 5.90. The van der Waals surface area contributed by atoms with Gasteiger partial charge in [-0.15, -0.1) is 0 Å². The normalized spacial score (nSPS) is 24.5. The van der Waals surface area contributed by atoms with Crippen molar-refractivity contribution in [1.82, 2.24) is 15.8 Å². The molecule has 2 atom stereocenters. The quantitative estimate of drug-likeness (QED) is 0.501. The van der Waals surface area contributed by atoms with E-state index < -0.39 is 12.1 Å². The van der Waals surface area contributed by atoms with Crippen LogP contribution in [-0.2, 0) is 9.59 Å². The van der Waals surface area contributed by atoms with E-state index in [9.17, 15) is 9.59 Å². The third-order valence-electron chi connectivity index (χ3n) is 2.17. The number of rotatable bonds is 3. The highest BCUT2D eigenvalue weighted by Crippen LogP contribution is 1.98. The van der Waals surface area contributed by atoms with Gasteiger partial charge in [-0.25, -0.2) is 5.01 Å². The van der Waals surface area contributed by atoms with Gasteiger partial charge in [0, 0.05) is 13.6 Å². The minimum Gasteiger partial charge on any atom is -0.342 e. The number of nitrogens with two attached hydrogens (primary N) is 1. The summed E-state index contributed by atoms with van der Waals surface area (Å²) in [6, 6.07) is -1.01. The molecule has 0 radical (unpaired) electrons. The third-order valence-corrected chi connectivity index (χ3v) is 2.17. The standard InChI is InChI=1S/C8H16N4O2/c1-3-5(9)7(13)10-6-4-12(2)11-8(6)14/h5-6H,3-4,9H2,1-2H3,(H,10,13)(H,11,14). The van der Waals surface area contributed by atoms with E-state index in [0.29, 0.717) is 13.0 Å². The number of nitrogens with one attached hydrogen (secondary N) is 2. The molecule has 1 aliphatic heterocycles. The Morgan fingerprint density at radius 2 is 2.50 bits per heavy atom. The Kier molecular flexibility index (Phi) is 3.43. The van der Waals surface area contributed by atoms with Crippen molar-refractivity contribution < 1.29 is 9.59 Å². The predicted molar refractivity (Wildman–Crippen MR) is 51.0 cm³/mol. The molecule has 0 saturated carbocycles. The number of hydrogen-bond donors (Lipinski definition) is 3. The summed E-state index contributed by atoms with van der Waals surface area (Å²) in [5.74, 6) is -0.466. The first-order valence-corrected chi connectivity index (χ1v) is 4.62. The minimum atomic E-state index is -0.534. The van der Waals surface area contributed by atoms with Gasteiger partial charge < -0.3 is 11.1 Å². The van der Waals surface area contributed by atoms with Crippen molar-refractivity contribution >= 4 is 11.8 Å². The summed E-state index contributed by atoms with van der Waals surface area (Å²) in [6.07, 6.45) is 0.565. The first-order chi connectivity index (χ1) is 6.54. The largest absolute Gasteiger partial charge is 0.342 e. The summed E-state index contributed by atoms with van der Waals surface area (Å²) >= 11 is 0. The fraction of sp³-hybridized carbons (Fsp3) is 0.750. The number of hydrazine groups is 1. The predicted octanol–water partition coefficient (Wildman–Crippen LogP) is -1.81. The molecule has 6 heteroatoms. The third kappa shape index (κ3) is 2.43. The number of likely N-dealkylation sites (N-methyl/N-ethyl adjacent to an activating group) is 1. The van der Waals surface area contributed by atoms with Gasteiger partial charge in [-0.2, -0.15) is 0 Å². The molecule has 1 saturated heterocycles. The van der Waals surface area contributed by atoms with Gasteiger partial charge in [-0.05, 0) is 6.42 Å². The topological polar surface area (TPSA) is 87.5 Å². The van der Waals surface area contributed by atoms with Crippen LogP contribution in [0.5, 0.6) is 0 Å². The van der Waals surface area contributed by atoms with Gasteiger partial charge in [0.15, 0.2) is 0 Å². The van der Waals surface area contributed by atoms with Gasteiger partial charge in [0.2, 0.25) is 5.91 Å². The number of carbonyl (C=O) groups excluding carboxylic acids is 2. The molecule has 0 bridgehead atoms. The summed E-state index contributed by atoms with van der Waals surface area (Å²) in [5.41, 5.74) is 8.09. The van der Waals surface area contributed by atoms with Crippen molar-refractivity contribution in [2.75, 3.05) is 13.6 Å². The molecule has 2 unspecified atom stereocenters. The molecular weight excluding hydrogens is 184 g/mol. The van der Waals surface area contributed by atoms with Gasteiger partial charge in [-0.3, -0.25) is 15.0 Å². The van der Waals surface area contributed by atoms with E-state index >= 15 is 0 Å². The lowest BCUT2D eigenvalue weighted by Gasteiger charge is -2.13. The maximum absolute atomic E-state index is 11.3. The van der Waals surface area contributed by atoms with Crippen molar-refractivity contribution in [3.8, 4) is 0 Å². The van der Waals surface area contributed by atoms with Crippen molar-refractivity contribution in [1.29, 1.82) is 0 Å². The molecule has 1 aliphatic rings. The fourth-order valence-corrected chi connectivity index (χ4v) is 1.24. The second-order valence-corrected chi connectivity index (χ2v) is 3.43. The molecule has 6 nitrogen and oxygen atoms in total. The maximum Gasteiger partial charge on any atom is 0.258 e. The summed E-state index contributed by atoms with van der Waals surface area (Å²) in [7, 11) is 1.74. The average Bonchev–Trinajstić information content (AvgIpc) is 2.44. The number of carbonyl (C=O) groups is 2. The molecule has 0 aliphatic carbocycles. The molecule has 1 heterocycles. The molecule has 0 aromatic heterocycles. The van der Waals surface area contributed by atoms with E-state index in [-0.39, 0.29) is 11.8 Å². The van der Waals surface area contributed by atoms with Gasteiger partial charge in [0.1, 0.15) is 6.04 Å². The highest BCUT2D eigenvalue weighted by atomic mass is 16.2. The highest BCUT2D eigenvalue weighted by Gasteiger charge is 2.30. The number of amides is 2. The zero-order valence-electron chi connectivity index (χ0n) is 8.41. The first kappa shape index (κ1) is 10.9. The monoisotopic (exact) mass is 200 g/mol. The van der Waals surface area contributed by atoms with Crippen LogP contribution in [-0.4, -0.2) is 42.5 Å². The summed E-state index contributed by atoms with van der Waals surface area (Å²) in [4.78, 5) is 22.6. The molecule has 1 fully saturated rings. The fourth-order valence-electron chi connectivity index (χ4n) is 1.24. The van der Waals surface area contributed by atoms with Crippen molar-refractivity contribution in [2.45, 2.75) is 25.4 Å². The molecule has 0 aromatic carbocycles. The van der Waals surface area contributed by atoms with Crippen molar-refractivity contribution in [3.63, 3.8) is 0 Å². The van der Waals surface area contributed by atoms with Gasteiger partial charge in [-0.1, -0.05) is 6.92 Å². The Hall–Kier alpha value is -1.14. The SMILES string of the molecule is CCC(N)C(=O)NC1CN(C)NC1=O. The van der Waals surface area contributed by atoms with E-state index in [1.165, 1.54) is 0 Å². The van der Waals surface area contributed by atoms with E-state index in [4.69, 9.17) is 5.73 Å². The number of hydrogen-bond acceptors (Lipinski definition) is 4. The lowest BCUT2D eigenvalue weighted by atomic mass is 10.2. The Morgan fingerprint density at radius 3 is 2.93 bits per heavy atom. The lowest BCUT2D eigenvalue weighted by molar-refractivity contribution is -0.128.